The number of carbonyl (C=O) groups is 2. The van der Waals surface area contributed by atoms with Gasteiger partial charge in [-0.25, -0.2) is 4.57 Å². The fourth-order valence-electron chi connectivity index (χ4n) is 7.15. The monoisotopic (exact) mass is 1150 g/mol. The highest BCUT2D eigenvalue weighted by atomic mass is 31.2. The smallest absolute Gasteiger partial charge is 0.462 e. The van der Waals surface area contributed by atoms with E-state index in [4.69, 9.17) is 18.5 Å². The van der Waals surface area contributed by atoms with Gasteiger partial charge in [0.05, 0.1) is 27.7 Å². The van der Waals surface area contributed by atoms with Crippen molar-refractivity contribution in [3.8, 4) is 0 Å². The number of hydrogen-bond donors (Lipinski definition) is 1. The molecule has 0 heterocycles. The molecule has 10 heteroatoms. The summed E-state index contributed by atoms with van der Waals surface area (Å²) < 4.78 is 34.5. The summed E-state index contributed by atoms with van der Waals surface area (Å²) in [5, 5.41) is 0. The first-order valence-corrected chi connectivity index (χ1v) is 32.3. The maximum atomic E-state index is 12.8. The molecule has 0 spiro atoms. The van der Waals surface area contributed by atoms with Gasteiger partial charge in [-0.3, -0.25) is 18.6 Å². The molecule has 0 aromatic heterocycles. The molecule has 0 aliphatic heterocycles. The van der Waals surface area contributed by atoms with E-state index < -0.39 is 32.5 Å². The van der Waals surface area contributed by atoms with Crippen LogP contribution in [0.2, 0.25) is 0 Å². The van der Waals surface area contributed by atoms with Crippen LogP contribution in [-0.2, 0) is 32.7 Å². The Morgan fingerprint density at radius 3 is 1.00 bits per heavy atom. The maximum absolute atomic E-state index is 12.8. The highest BCUT2D eigenvalue weighted by Gasteiger charge is 2.27. The number of nitrogens with zero attached hydrogens (tertiary/aromatic N) is 1. The van der Waals surface area contributed by atoms with Gasteiger partial charge in [0.1, 0.15) is 19.8 Å². The van der Waals surface area contributed by atoms with Crippen LogP contribution >= 0.6 is 7.82 Å². The zero-order chi connectivity index (χ0) is 59.8. The second-order valence-electron chi connectivity index (χ2n) is 20.6. The minimum Gasteiger partial charge on any atom is -0.462 e. The van der Waals surface area contributed by atoms with Crippen molar-refractivity contribution < 1.29 is 42.1 Å². The molecule has 0 fully saturated rings. The molecule has 0 aromatic carbocycles. The molecule has 0 aliphatic rings. The second kappa shape index (κ2) is 60.2. The number of phosphoric ester groups is 1. The Kier molecular flexibility index (Phi) is 56.2. The lowest BCUT2D eigenvalue weighted by Crippen LogP contribution is -2.37. The van der Waals surface area contributed by atoms with E-state index in [0.717, 1.165) is 135 Å². The quantitative estimate of drug-likeness (QED) is 0.0211. The molecule has 0 bridgehead atoms. The summed E-state index contributed by atoms with van der Waals surface area (Å²) in [5.74, 6) is -0.919. The zero-order valence-corrected chi connectivity index (χ0v) is 52.5. The lowest BCUT2D eigenvalue weighted by atomic mass is 10.1. The van der Waals surface area contributed by atoms with E-state index in [2.05, 4.69) is 214 Å². The Hall–Kier alpha value is -5.41. The van der Waals surface area contributed by atoms with Gasteiger partial charge in [0, 0.05) is 12.8 Å². The Morgan fingerprint density at radius 2 is 0.671 bits per heavy atom. The van der Waals surface area contributed by atoms with E-state index in [1.165, 1.54) is 0 Å². The molecular weight excluding hydrogens is 1040 g/mol. The highest BCUT2D eigenvalue weighted by Crippen LogP contribution is 2.43. The minimum atomic E-state index is -4.43. The van der Waals surface area contributed by atoms with Crippen molar-refractivity contribution in [1.82, 2.24) is 0 Å². The molecule has 0 aromatic rings. The van der Waals surface area contributed by atoms with Gasteiger partial charge < -0.3 is 18.9 Å². The summed E-state index contributed by atoms with van der Waals surface area (Å²) >= 11 is 0. The van der Waals surface area contributed by atoms with Gasteiger partial charge in [-0.15, -0.1) is 0 Å². The second-order valence-corrected chi connectivity index (χ2v) is 22.1. The molecule has 0 saturated heterocycles. The maximum Gasteiger partial charge on any atom is 0.472 e. The summed E-state index contributed by atoms with van der Waals surface area (Å²) in [6.45, 7) is 4.06. The molecule has 0 rings (SSSR count). The van der Waals surface area contributed by atoms with Crippen LogP contribution < -0.4 is 0 Å². The molecule has 9 nitrogen and oxygen atoms in total. The van der Waals surface area contributed by atoms with Crippen LogP contribution in [0.1, 0.15) is 181 Å². The Labute approximate surface area is 500 Å². The Morgan fingerprint density at radius 1 is 0.378 bits per heavy atom. The van der Waals surface area contributed by atoms with Gasteiger partial charge in [-0.05, 0) is 141 Å². The fraction of sp³-hybridized carbons (Fsp3) is 0.500. The molecule has 0 amide bonds. The van der Waals surface area contributed by atoms with Crippen molar-refractivity contribution in [3.05, 3.63) is 207 Å². The Bertz CT molecular complexity index is 2130. The average Bonchev–Trinajstić information content (AvgIpc) is 3.45. The summed E-state index contributed by atoms with van der Waals surface area (Å²) in [4.78, 5) is 35.7. The van der Waals surface area contributed by atoms with Crippen molar-refractivity contribution in [1.29, 1.82) is 0 Å². The molecule has 1 N–H and O–H groups in total. The molecule has 0 aliphatic carbocycles. The first kappa shape index (κ1) is 76.6. The van der Waals surface area contributed by atoms with Crippen LogP contribution in [0.25, 0.3) is 0 Å². The van der Waals surface area contributed by atoms with Gasteiger partial charge >= 0.3 is 19.8 Å². The number of esters is 2. The van der Waals surface area contributed by atoms with Crippen LogP contribution in [0, 0.1) is 0 Å². The van der Waals surface area contributed by atoms with E-state index in [9.17, 15) is 19.0 Å². The summed E-state index contributed by atoms with van der Waals surface area (Å²) in [7, 11) is 1.39. The van der Waals surface area contributed by atoms with Gasteiger partial charge in [0.15, 0.2) is 6.10 Å². The zero-order valence-electron chi connectivity index (χ0n) is 51.6. The van der Waals surface area contributed by atoms with Crippen LogP contribution in [0.4, 0.5) is 0 Å². The van der Waals surface area contributed by atoms with Crippen molar-refractivity contribution in [2.45, 2.75) is 187 Å². The molecular formula is C72H111NO8P+. The molecule has 456 valence electrons. The standard InChI is InChI=1S/C72H110NO8P/c1-6-8-10-12-14-16-18-20-22-24-26-28-30-32-34-36-38-40-42-44-46-48-50-52-54-56-58-60-62-64-71(74)78-68-70(69-80-82(76,77)79-67-66-73(3,4)5)81-72(75)65-63-61-59-57-55-53-51-49-47-45-43-41-39-37-35-33-31-29-27-25-23-21-19-17-15-13-11-9-7-2/h8-11,14-17,20-23,26-29,32-35,38-41,44-47,50-53,57,59,70H,6-7,12-13,18-19,24-25,30-31,36-37,42-43,48-49,54-56,58,60-69H2,1-5H3/p+1/b10-8-,11-9-,16-14-,17-15-,22-20-,23-21-,28-26-,29-27-,34-32-,35-33-,40-38-,41-39-,46-44-,47-45-,52-50-,53-51-,59-57-. The first-order chi connectivity index (χ1) is 40.0. The number of unbranched alkanes of at least 4 members (excludes halogenated alkanes) is 5. The molecule has 0 radical (unpaired) electrons. The van der Waals surface area contributed by atoms with Crippen LogP contribution in [-0.4, -0.2) is 74.9 Å². The van der Waals surface area contributed by atoms with Crippen molar-refractivity contribution >= 4 is 19.8 Å². The number of ether oxygens (including phenoxy) is 2. The number of carbonyl (C=O) groups excluding carboxylic acids is 2. The predicted molar refractivity (Wildman–Crippen MR) is 352 cm³/mol. The number of rotatable bonds is 53. The topological polar surface area (TPSA) is 108 Å². The third-order valence-corrected chi connectivity index (χ3v) is 12.8. The van der Waals surface area contributed by atoms with Crippen molar-refractivity contribution in [3.63, 3.8) is 0 Å². The minimum absolute atomic E-state index is 0.00273. The van der Waals surface area contributed by atoms with Crippen LogP contribution in [0.15, 0.2) is 207 Å². The number of phosphoric acid groups is 1. The number of likely N-dealkylation sites (N-methyl/N-ethyl adjacent to an activating group) is 1. The van der Waals surface area contributed by atoms with Gasteiger partial charge in [0.25, 0.3) is 0 Å². The van der Waals surface area contributed by atoms with Crippen LogP contribution in [0.3, 0.4) is 0 Å². The van der Waals surface area contributed by atoms with Crippen molar-refractivity contribution in [2.75, 3.05) is 47.5 Å². The molecule has 2 atom stereocenters. The summed E-state index contributed by atoms with van der Waals surface area (Å²) in [6, 6.07) is 0. The number of quaternary nitrogens is 1. The van der Waals surface area contributed by atoms with E-state index in [-0.39, 0.29) is 26.1 Å². The average molecular weight is 1150 g/mol. The van der Waals surface area contributed by atoms with Gasteiger partial charge in [-0.1, -0.05) is 233 Å². The van der Waals surface area contributed by atoms with E-state index in [0.29, 0.717) is 30.3 Å². The van der Waals surface area contributed by atoms with Gasteiger partial charge in [-0.2, -0.15) is 0 Å². The third-order valence-electron chi connectivity index (χ3n) is 11.8. The lowest BCUT2D eigenvalue weighted by Gasteiger charge is -2.24. The van der Waals surface area contributed by atoms with E-state index >= 15 is 0 Å². The number of hydrogen-bond acceptors (Lipinski definition) is 7. The first-order valence-electron chi connectivity index (χ1n) is 30.8. The van der Waals surface area contributed by atoms with E-state index in [1.807, 2.05) is 27.2 Å². The SMILES string of the molecule is CC/C=C\C/C=C\C/C=C\C/C=C\C/C=C\C/C=C\C/C=C\C/C=C\C/C=C\CCCC(=O)OC(COC(=O)CCCCCC/C=C\C/C=C\C/C=C\C/C=C\C/C=C\C/C=C\C/C=C\C/C=C\CC)COP(=O)(O)OCC[N+](C)(C)C. The van der Waals surface area contributed by atoms with Gasteiger partial charge in [0.2, 0.25) is 0 Å². The number of allylic oxidation sites excluding steroid dienone is 34. The molecule has 2 unspecified atom stereocenters. The molecule has 0 saturated carbocycles. The Balaban J connectivity index is 4.39. The normalized spacial score (nSPS) is 14.7. The lowest BCUT2D eigenvalue weighted by molar-refractivity contribution is -0.870. The van der Waals surface area contributed by atoms with E-state index in [1.54, 1.807) is 0 Å². The largest absolute Gasteiger partial charge is 0.472 e. The fourth-order valence-corrected chi connectivity index (χ4v) is 7.89. The van der Waals surface area contributed by atoms with Crippen molar-refractivity contribution in [2.24, 2.45) is 0 Å². The summed E-state index contributed by atoms with van der Waals surface area (Å²) in [5.41, 5.74) is 0. The highest BCUT2D eigenvalue weighted by molar-refractivity contribution is 7.47. The molecule has 82 heavy (non-hydrogen) atoms. The third kappa shape index (κ3) is 63.8. The summed E-state index contributed by atoms with van der Waals surface area (Å²) in [6.07, 6.45) is 96.2. The van der Waals surface area contributed by atoms with Crippen LogP contribution in [0.5, 0.6) is 0 Å². The predicted octanol–water partition coefficient (Wildman–Crippen LogP) is 19.9.